The summed E-state index contributed by atoms with van der Waals surface area (Å²) >= 11 is 0. The molecule has 0 radical (unpaired) electrons. The molecule has 3 N–H and O–H groups in total. The maximum atomic E-state index is 12.1. The topological polar surface area (TPSA) is 116 Å². The predicted octanol–water partition coefficient (Wildman–Crippen LogP) is 3.06. The molecule has 1 aliphatic carbocycles. The van der Waals surface area contributed by atoms with Gasteiger partial charge >= 0.3 is 0 Å². The van der Waals surface area contributed by atoms with Crippen molar-refractivity contribution >= 4 is 33.3 Å². The first-order valence-electron chi connectivity index (χ1n) is 8.87. The van der Waals surface area contributed by atoms with E-state index in [2.05, 4.69) is 30.8 Å². The second-order valence-corrected chi connectivity index (χ2v) is 8.96. The lowest BCUT2D eigenvalue weighted by molar-refractivity contribution is 0.521. The van der Waals surface area contributed by atoms with Gasteiger partial charge in [0.25, 0.3) is 0 Å². The minimum atomic E-state index is -3.45. The molecule has 3 aromatic rings. The summed E-state index contributed by atoms with van der Waals surface area (Å²) in [5, 5.41) is 13.5. The highest BCUT2D eigenvalue weighted by Gasteiger charge is 2.25. The molecule has 2 aromatic heterocycles. The zero-order chi connectivity index (χ0) is 19.7. The molecule has 2 heterocycles. The largest absolute Gasteiger partial charge is 0.324 e. The van der Waals surface area contributed by atoms with Crippen LogP contribution in [-0.2, 0) is 10.0 Å². The lowest BCUT2D eigenvalue weighted by atomic mass is 10.3. The fraction of sp³-hybridized carbons (Fsp3) is 0.278. The maximum absolute atomic E-state index is 12.1. The average Bonchev–Trinajstić information content (AvgIpc) is 3.42. The molecule has 0 bridgehead atoms. The minimum Gasteiger partial charge on any atom is -0.324 e. The smallest absolute Gasteiger partial charge is 0.242 e. The van der Waals surface area contributed by atoms with Crippen LogP contribution < -0.4 is 10.6 Å². The van der Waals surface area contributed by atoms with Gasteiger partial charge in [-0.25, -0.2) is 17.7 Å². The van der Waals surface area contributed by atoms with E-state index in [1.54, 1.807) is 36.5 Å². The lowest BCUT2D eigenvalue weighted by Crippen LogP contribution is -2.22. The zero-order valence-corrected chi connectivity index (χ0v) is 16.4. The van der Waals surface area contributed by atoms with Gasteiger partial charge < -0.3 is 10.6 Å². The van der Waals surface area contributed by atoms with Crippen LogP contribution in [0.5, 0.6) is 0 Å². The summed E-state index contributed by atoms with van der Waals surface area (Å²) in [7, 11) is -0.452. The molecule has 0 spiro atoms. The van der Waals surface area contributed by atoms with Gasteiger partial charge in [0.15, 0.2) is 5.82 Å². The molecule has 0 amide bonds. The van der Waals surface area contributed by atoms with Crippen LogP contribution in [-0.4, -0.2) is 47.0 Å². The normalized spacial score (nSPS) is 14.2. The first kappa shape index (κ1) is 18.4. The summed E-state index contributed by atoms with van der Waals surface area (Å²) < 4.78 is 25.4. The Morgan fingerprint density at radius 2 is 1.86 bits per heavy atom. The van der Waals surface area contributed by atoms with E-state index < -0.39 is 10.0 Å². The third-order valence-corrected chi connectivity index (χ3v) is 6.24. The second kappa shape index (κ2) is 7.21. The first-order chi connectivity index (χ1) is 13.4. The Labute approximate surface area is 164 Å². The molecule has 1 saturated carbocycles. The number of nitrogens with one attached hydrogen (secondary N) is 3. The molecule has 0 atom stereocenters. The Kier molecular flexibility index (Phi) is 4.73. The fourth-order valence-corrected chi connectivity index (χ4v) is 3.58. The molecule has 148 valence electrons. The second-order valence-electron chi connectivity index (χ2n) is 6.81. The number of aromatic nitrogens is 4. The van der Waals surface area contributed by atoms with Crippen molar-refractivity contribution in [1.29, 1.82) is 0 Å². The van der Waals surface area contributed by atoms with Gasteiger partial charge in [-0.3, -0.25) is 5.10 Å². The minimum absolute atomic E-state index is 0. The van der Waals surface area contributed by atoms with Crippen molar-refractivity contribution in [2.24, 2.45) is 0 Å². The highest BCUT2D eigenvalue weighted by atomic mass is 32.2. The van der Waals surface area contributed by atoms with Gasteiger partial charge in [0.1, 0.15) is 5.82 Å². The molecular formula is C18H23N7O2S. The number of hydrogen-bond donors (Lipinski definition) is 3. The van der Waals surface area contributed by atoms with E-state index in [1.165, 1.54) is 31.2 Å². The Morgan fingerprint density at radius 1 is 1.11 bits per heavy atom. The van der Waals surface area contributed by atoms with Gasteiger partial charge in [-0.15, -0.1) is 0 Å². The van der Waals surface area contributed by atoms with Crippen LogP contribution in [0, 0.1) is 0 Å². The van der Waals surface area contributed by atoms with Gasteiger partial charge in [-0.2, -0.15) is 10.1 Å². The van der Waals surface area contributed by atoms with E-state index in [-0.39, 0.29) is 6.32 Å². The Morgan fingerprint density at radius 3 is 2.54 bits per heavy atom. The number of H-pyrrole nitrogens is 1. The van der Waals surface area contributed by atoms with E-state index in [1.807, 2.05) is 6.07 Å². The summed E-state index contributed by atoms with van der Waals surface area (Å²) in [5.74, 6) is 2.32. The van der Waals surface area contributed by atoms with Crippen LogP contribution in [0.2, 0.25) is 0 Å². The molecule has 1 aliphatic rings. The van der Waals surface area contributed by atoms with Crippen molar-refractivity contribution in [1.82, 2.24) is 24.5 Å². The highest BCUT2D eigenvalue weighted by molar-refractivity contribution is 7.89. The predicted molar refractivity (Wildman–Crippen MR) is 109 cm³/mol. The molecule has 28 heavy (non-hydrogen) atoms. The van der Waals surface area contributed by atoms with Crippen LogP contribution in [0.15, 0.2) is 47.5 Å². The van der Waals surface area contributed by atoms with Crippen molar-refractivity contribution in [3.63, 3.8) is 0 Å². The van der Waals surface area contributed by atoms with E-state index in [0.717, 1.165) is 5.69 Å². The average molecular weight is 401 g/mol. The maximum Gasteiger partial charge on any atom is 0.242 e. The monoisotopic (exact) mass is 401 g/mol. The van der Waals surface area contributed by atoms with E-state index in [4.69, 9.17) is 0 Å². The summed E-state index contributed by atoms with van der Waals surface area (Å²) in [6.07, 6.45) is 4.05. The molecule has 0 unspecified atom stereocenters. The van der Waals surface area contributed by atoms with Crippen molar-refractivity contribution in [3.05, 3.63) is 48.3 Å². The summed E-state index contributed by atoms with van der Waals surface area (Å²) in [4.78, 5) is 8.85. The molecule has 9 nitrogen and oxygen atoms in total. The van der Waals surface area contributed by atoms with Gasteiger partial charge in [0, 0.05) is 45.1 Å². The van der Waals surface area contributed by atoms with Crippen LogP contribution >= 0.6 is 0 Å². The Hall–Kier alpha value is -2.98. The van der Waals surface area contributed by atoms with E-state index in [9.17, 15) is 8.42 Å². The number of benzene rings is 1. The van der Waals surface area contributed by atoms with Crippen molar-refractivity contribution < 1.29 is 9.84 Å². The lowest BCUT2D eigenvalue weighted by Gasteiger charge is -2.12. The summed E-state index contributed by atoms with van der Waals surface area (Å²) in [5.41, 5.74) is 1.83. The van der Waals surface area contributed by atoms with Crippen molar-refractivity contribution in [2.75, 3.05) is 24.7 Å². The zero-order valence-electron chi connectivity index (χ0n) is 15.5. The van der Waals surface area contributed by atoms with E-state index >= 15 is 0 Å². The Balaban J connectivity index is 0.00000240. The summed E-state index contributed by atoms with van der Waals surface area (Å²) in [6.45, 7) is 0. The third kappa shape index (κ3) is 3.97. The number of aromatic amines is 1. The molecule has 0 saturated heterocycles. The number of anilines is 4. The van der Waals surface area contributed by atoms with E-state index in [0.29, 0.717) is 29.2 Å². The highest BCUT2D eigenvalue weighted by Crippen LogP contribution is 2.39. The first-order valence-corrected chi connectivity index (χ1v) is 10.3. The van der Waals surface area contributed by atoms with Gasteiger partial charge in [-0.1, -0.05) is 0 Å². The van der Waals surface area contributed by atoms with Gasteiger partial charge in [0.05, 0.1) is 4.90 Å². The van der Waals surface area contributed by atoms with Crippen molar-refractivity contribution in [2.45, 2.75) is 23.7 Å². The SMILES string of the molecule is CN(C)S(=O)(=O)c1ccc(Nc2nccc(Nc3cc(C4CC4)[nH]n3)n2)cc1.[HH]. The van der Waals surface area contributed by atoms with Crippen molar-refractivity contribution in [3.8, 4) is 0 Å². The molecular weight excluding hydrogens is 378 g/mol. The summed E-state index contributed by atoms with van der Waals surface area (Å²) in [6, 6.07) is 10.2. The van der Waals surface area contributed by atoms with Crippen LogP contribution in [0.25, 0.3) is 0 Å². The fourth-order valence-electron chi connectivity index (χ4n) is 2.67. The third-order valence-electron chi connectivity index (χ3n) is 4.42. The van der Waals surface area contributed by atoms with Crippen LogP contribution in [0.4, 0.5) is 23.3 Å². The molecule has 1 aromatic carbocycles. The van der Waals surface area contributed by atoms with Crippen LogP contribution in [0.3, 0.4) is 0 Å². The molecule has 10 heteroatoms. The molecule has 4 rings (SSSR count). The Bertz CT molecular complexity index is 1080. The quantitative estimate of drug-likeness (QED) is 0.557. The number of sulfonamides is 1. The molecule has 1 fully saturated rings. The number of hydrogen-bond acceptors (Lipinski definition) is 7. The van der Waals surface area contributed by atoms with Gasteiger partial charge in [-0.05, 0) is 43.2 Å². The number of nitrogens with zero attached hydrogens (tertiary/aromatic N) is 4. The standard InChI is InChI=1S/C18H21N7O2S.H2/c1-25(2)28(26,27)14-7-5-13(6-8-14)20-18-19-10-9-16(22-18)21-17-11-15(23-24-17)12-3-4-12;/h5-12H,3-4H2,1-2H3,(H3,19,20,21,22,23,24);1H. The van der Waals surface area contributed by atoms with Gasteiger partial charge in [0.2, 0.25) is 16.0 Å². The number of rotatable bonds is 7. The van der Waals surface area contributed by atoms with Crippen LogP contribution in [0.1, 0.15) is 25.9 Å². The molecule has 0 aliphatic heterocycles.